The largest absolute Gasteiger partial charge is 0.463 e. The van der Waals surface area contributed by atoms with Gasteiger partial charge in [0.1, 0.15) is 0 Å². The molecule has 22 heavy (non-hydrogen) atoms. The summed E-state index contributed by atoms with van der Waals surface area (Å²) in [6.07, 6.45) is 5.12. The normalized spacial score (nSPS) is 17.0. The molecule has 0 bridgehead atoms. The van der Waals surface area contributed by atoms with Crippen LogP contribution in [-0.2, 0) is 14.3 Å². The molecule has 1 fully saturated rings. The molecule has 0 radical (unpaired) electrons. The van der Waals surface area contributed by atoms with Crippen LogP contribution in [0.5, 0.6) is 0 Å². The van der Waals surface area contributed by atoms with Crippen molar-refractivity contribution in [3.63, 3.8) is 0 Å². The van der Waals surface area contributed by atoms with E-state index in [0.717, 1.165) is 25.5 Å². The number of rotatable bonds is 9. The second-order valence-corrected chi connectivity index (χ2v) is 6.24. The molecule has 1 saturated carbocycles. The number of guanidine groups is 1. The lowest BCUT2D eigenvalue weighted by Gasteiger charge is -2.42. The lowest BCUT2D eigenvalue weighted by atomic mass is 9.67. The summed E-state index contributed by atoms with van der Waals surface area (Å²) < 4.78 is 10.3. The van der Waals surface area contributed by atoms with Gasteiger partial charge in [0, 0.05) is 33.9 Å². The first-order valence-electron chi connectivity index (χ1n) is 8.14. The predicted octanol–water partition coefficient (Wildman–Crippen LogP) is 1.70. The van der Waals surface area contributed by atoms with Crippen LogP contribution < -0.4 is 10.6 Å². The number of aliphatic imine (C=N–C) groups is 1. The van der Waals surface area contributed by atoms with E-state index in [4.69, 9.17) is 9.47 Å². The molecule has 0 aromatic rings. The number of methoxy groups -OCH3 is 1. The highest BCUT2D eigenvalue weighted by Crippen LogP contribution is 2.43. The highest BCUT2D eigenvalue weighted by molar-refractivity contribution is 5.80. The SMILES string of the molecule is CN=C(NCCC(=O)OC(C)C)NCC1(CCOC)CCC1. The number of nitrogens with zero attached hydrogens (tertiary/aromatic N) is 1. The van der Waals surface area contributed by atoms with Crippen molar-refractivity contribution in [2.45, 2.75) is 52.1 Å². The number of carbonyl (C=O) groups is 1. The van der Waals surface area contributed by atoms with E-state index in [1.807, 2.05) is 13.8 Å². The molecule has 0 saturated heterocycles. The molecule has 0 unspecified atom stereocenters. The second-order valence-electron chi connectivity index (χ2n) is 6.24. The Labute approximate surface area is 134 Å². The predicted molar refractivity (Wildman–Crippen MR) is 88.0 cm³/mol. The van der Waals surface area contributed by atoms with Gasteiger partial charge in [0.05, 0.1) is 12.5 Å². The Morgan fingerprint density at radius 2 is 2.05 bits per heavy atom. The molecule has 1 aliphatic carbocycles. The smallest absolute Gasteiger partial charge is 0.307 e. The molecule has 128 valence electrons. The maximum absolute atomic E-state index is 11.5. The Kier molecular flexibility index (Phi) is 8.24. The Morgan fingerprint density at radius 3 is 2.55 bits per heavy atom. The van der Waals surface area contributed by atoms with Crippen molar-refractivity contribution in [2.75, 3.05) is 33.9 Å². The third-order valence-corrected chi connectivity index (χ3v) is 4.09. The fraction of sp³-hybridized carbons (Fsp3) is 0.875. The summed E-state index contributed by atoms with van der Waals surface area (Å²) in [5, 5.41) is 6.52. The zero-order valence-corrected chi connectivity index (χ0v) is 14.4. The summed E-state index contributed by atoms with van der Waals surface area (Å²) >= 11 is 0. The molecule has 0 aliphatic heterocycles. The first-order chi connectivity index (χ1) is 10.5. The monoisotopic (exact) mass is 313 g/mol. The fourth-order valence-corrected chi connectivity index (χ4v) is 2.61. The number of hydrogen-bond acceptors (Lipinski definition) is 4. The van der Waals surface area contributed by atoms with Crippen LogP contribution in [0.2, 0.25) is 0 Å². The first-order valence-corrected chi connectivity index (χ1v) is 8.14. The van der Waals surface area contributed by atoms with Crippen LogP contribution in [0.3, 0.4) is 0 Å². The third kappa shape index (κ3) is 6.64. The Balaban J connectivity index is 2.26. The van der Waals surface area contributed by atoms with Crippen molar-refractivity contribution in [2.24, 2.45) is 10.4 Å². The average Bonchev–Trinajstić information content (AvgIpc) is 2.42. The summed E-state index contributed by atoms with van der Waals surface area (Å²) in [7, 11) is 3.49. The van der Waals surface area contributed by atoms with Crippen LogP contribution in [0.4, 0.5) is 0 Å². The number of hydrogen-bond donors (Lipinski definition) is 2. The van der Waals surface area contributed by atoms with Gasteiger partial charge in [-0.3, -0.25) is 9.79 Å². The van der Waals surface area contributed by atoms with Gasteiger partial charge in [-0.05, 0) is 38.5 Å². The number of nitrogens with one attached hydrogen (secondary N) is 2. The van der Waals surface area contributed by atoms with Crippen LogP contribution in [0.1, 0.15) is 46.0 Å². The van der Waals surface area contributed by atoms with Crippen molar-refractivity contribution in [3.05, 3.63) is 0 Å². The minimum Gasteiger partial charge on any atom is -0.463 e. The number of carbonyl (C=O) groups excluding carboxylic acids is 1. The average molecular weight is 313 g/mol. The van der Waals surface area contributed by atoms with Gasteiger partial charge >= 0.3 is 5.97 Å². The molecular weight excluding hydrogens is 282 g/mol. The number of ether oxygens (including phenoxy) is 2. The molecule has 6 heteroatoms. The van der Waals surface area contributed by atoms with Gasteiger partial charge in [0.2, 0.25) is 0 Å². The molecular formula is C16H31N3O3. The third-order valence-electron chi connectivity index (χ3n) is 4.09. The topological polar surface area (TPSA) is 72.0 Å². The first kappa shape index (κ1) is 18.7. The Morgan fingerprint density at radius 1 is 1.32 bits per heavy atom. The lowest BCUT2D eigenvalue weighted by molar-refractivity contribution is -0.147. The molecule has 0 atom stereocenters. The van der Waals surface area contributed by atoms with Crippen LogP contribution >= 0.6 is 0 Å². The maximum atomic E-state index is 11.5. The zero-order chi connectivity index (χ0) is 16.4. The van der Waals surface area contributed by atoms with E-state index in [0.29, 0.717) is 18.4 Å². The minimum absolute atomic E-state index is 0.0656. The molecule has 6 nitrogen and oxygen atoms in total. The number of esters is 1. The van der Waals surface area contributed by atoms with Crippen molar-refractivity contribution in [1.82, 2.24) is 10.6 Å². The van der Waals surface area contributed by atoms with Crippen molar-refractivity contribution in [1.29, 1.82) is 0 Å². The van der Waals surface area contributed by atoms with Gasteiger partial charge < -0.3 is 20.1 Å². The van der Waals surface area contributed by atoms with E-state index in [-0.39, 0.29) is 12.1 Å². The summed E-state index contributed by atoms with van der Waals surface area (Å²) in [4.78, 5) is 15.7. The summed E-state index contributed by atoms with van der Waals surface area (Å²) in [5.74, 6) is 0.551. The van der Waals surface area contributed by atoms with E-state index >= 15 is 0 Å². The van der Waals surface area contributed by atoms with Gasteiger partial charge in [0.25, 0.3) is 0 Å². The molecule has 0 aromatic heterocycles. The Bertz CT molecular complexity index is 366. The van der Waals surface area contributed by atoms with E-state index < -0.39 is 0 Å². The second kappa shape index (κ2) is 9.66. The highest BCUT2D eigenvalue weighted by atomic mass is 16.5. The quantitative estimate of drug-likeness (QED) is 0.385. The van der Waals surface area contributed by atoms with Gasteiger partial charge in [-0.25, -0.2) is 0 Å². The van der Waals surface area contributed by atoms with Crippen LogP contribution in [0.15, 0.2) is 4.99 Å². The van der Waals surface area contributed by atoms with E-state index in [9.17, 15) is 4.79 Å². The van der Waals surface area contributed by atoms with Crippen LogP contribution in [-0.4, -0.2) is 51.9 Å². The zero-order valence-electron chi connectivity index (χ0n) is 14.4. The molecule has 0 amide bonds. The fourth-order valence-electron chi connectivity index (χ4n) is 2.61. The minimum atomic E-state index is -0.187. The van der Waals surface area contributed by atoms with Crippen molar-refractivity contribution < 1.29 is 14.3 Å². The van der Waals surface area contributed by atoms with Gasteiger partial charge in [-0.15, -0.1) is 0 Å². The summed E-state index contributed by atoms with van der Waals surface area (Å²) in [6, 6.07) is 0. The van der Waals surface area contributed by atoms with Crippen LogP contribution in [0, 0.1) is 5.41 Å². The van der Waals surface area contributed by atoms with Gasteiger partial charge in [0.15, 0.2) is 5.96 Å². The summed E-state index contributed by atoms with van der Waals surface area (Å²) in [5.41, 5.74) is 0.338. The van der Waals surface area contributed by atoms with Crippen molar-refractivity contribution >= 4 is 11.9 Å². The molecule has 0 heterocycles. The Hall–Kier alpha value is -1.30. The summed E-state index contributed by atoms with van der Waals surface area (Å²) in [6.45, 7) is 5.92. The molecule has 2 N–H and O–H groups in total. The van der Waals surface area contributed by atoms with E-state index in [1.165, 1.54) is 19.3 Å². The molecule has 1 aliphatic rings. The standard InChI is InChI=1S/C16H31N3O3/c1-13(2)22-14(20)6-10-18-15(17-3)19-12-16(7-5-8-16)9-11-21-4/h13H,5-12H2,1-4H3,(H2,17,18,19). The van der Waals surface area contributed by atoms with Gasteiger partial charge in [-0.2, -0.15) is 0 Å². The van der Waals surface area contributed by atoms with Gasteiger partial charge in [-0.1, -0.05) is 6.42 Å². The van der Waals surface area contributed by atoms with Crippen LogP contribution in [0.25, 0.3) is 0 Å². The molecule has 0 spiro atoms. The van der Waals surface area contributed by atoms with Crippen molar-refractivity contribution in [3.8, 4) is 0 Å². The maximum Gasteiger partial charge on any atom is 0.307 e. The lowest BCUT2D eigenvalue weighted by Crippen LogP contribution is -2.47. The van der Waals surface area contributed by atoms with E-state index in [1.54, 1.807) is 14.2 Å². The molecule has 1 rings (SSSR count). The molecule has 0 aromatic carbocycles. The van der Waals surface area contributed by atoms with E-state index in [2.05, 4.69) is 15.6 Å². The highest BCUT2D eigenvalue weighted by Gasteiger charge is 2.36.